The molecule has 0 amide bonds. The Kier molecular flexibility index (Phi) is 3.73. The summed E-state index contributed by atoms with van der Waals surface area (Å²) in [7, 11) is 2.03. The molecule has 0 aromatic heterocycles. The Morgan fingerprint density at radius 1 is 1.33 bits per heavy atom. The largest absolute Gasteiger partial charge is 0.316 e. The van der Waals surface area contributed by atoms with Crippen molar-refractivity contribution < 1.29 is 9.31 Å². The van der Waals surface area contributed by atoms with E-state index in [1.165, 1.54) is 12.1 Å². The number of halogens is 1. The highest BCUT2D eigenvalue weighted by Crippen LogP contribution is 2.21. The van der Waals surface area contributed by atoms with Crippen molar-refractivity contribution in [3.05, 3.63) is 34.1 Å². The third kappa shape index (κ3) is 2.93. The van der Waals surface area contributed by atoms with Crippen molar-refractivity contribution >= 4 is 11.4 Å². The molecular weight excluding hydrogens is 239 g/mol. The highest BCUT2D eigenvalue weighted by Gasteiger charge is 2.16. The highest BCUT2D eigenvalue weighted by molar-refractivity contribution is 5.49. The van der Waals surface area contributed by atoms with E-state index in [0.717, 1.165) is 32.2 Å². The Bertz CT molecular complexity index is 447. The molecule has 1 fully saturated rings. The molecule has 1 heterocycles. The molecule has 2 rings (SSSR count). The fourth-order valence-corrected chi connectivity index (χ4v) is 1.80. The molecule has 1 aliphatic heterocycles. The van der Waals surface area contributed by atoms with Crippen LogP contribution in [0.1, 0.15) is 0 Å². The van der Waals surface area contributed by atoms with Crippen molar-refractivity contribution in [3.63, 3.8) is 0 Å². The van der Waals surface area contributed by atoms with Crippen LogP contribution in [0, 0.1) is 15.9 Å². The number of piperazine rings is 1. The summed E-state index contributed by atoms with van der Waals surface area (Å²) < 4.78 is 13.6. The first-order chi connectivity index (χ1) is 8.56. The highest BCUT2D eigenvalue weighted by atomic mass is 19.1. The first-order valence-corrected chi connectivity index (χ1v) is 5.70. The molecule has 1 aliphatic rings. The first kappa shape index (κ1) is 12.7. The average Bonchev–Trinajstić information content (AvgIpc) is 2.34. The zero-order valence-corrected chi connectivity index (χ0v) is 10.1. The Hall–Kier alpha value is -1.73. The molecule has 0 radical (unpaired) electrons. The Morgan fingerprint density at radius 2 is 2.00 bits per heavy atom. The molecule has 0 spiro atoms. The summed E-state index contributed by atoms with van der Waals surface area (Å²) >= 11 is 0. The smallest absolute Gasteiger partial charge is 0.272 e. The molecule has 0 saturated carbocycles. The second-order valence-corrected chi connectivity index (χ2v) is 4.32. The minimum atomic E-state index is -0.608. The maximum atomic E-state index is 13.6. The predicted octanol–water partition coefficient (Wildman–Crippen LogP) is 1.31. The number of likely N-dealkylation sites (N-methyl/N-ethyl adjacent to an activating group) is 1. The summed E-state index contributed by atoms with van der Waals surface area (Å²) in [6.45, 7) is 3.38. The third-order valence-electron chi connectivity index (χ3n) is 2.95. The number of nitrogens with one attached hydrogen (secondary N) is 1. The second-order valence-electron chi connectivity index (χ2n) is 4.32. The number of rotatable bonds is 3. The normalized spacial score (nSPS) is 17.7. The van der Waals surface area contributed by atoms with Crippen LogP contribution < -0.4 is 5.43 Å². The number of nitrogens with zero attached hydrogens (tertiary/aromatic N) is 3. The zero-order chi connectivity index (χ0) is 13.1. The number of anilines is 1. The van der Waals surface area contributed by atoms with Gasteiger partial charge in [0, 0.05) is 32.2 Å². The molecule has 1 aromatic carbocycles. The van der Waals surface area contributed by atoms with Gasteiger partial charge in [0.25, 0.3) is 5.69 Å². The van der Waals surface area contributed by atoms with Gasteiger partial charge in [0.15, 0.2) is 5.82 Å². The van der Waals surface area contributed by atoms with Gasteiger partial charge in [0.2, 0.25) is 0 Å². The summed E-state index contributed by atoms with van der Waals surface area (Å²) in [6.07, 6.45) is 0. The SMILES string of the molecule is CN1CCN(Nc2ccc([N+](=O)[O-])cc2F)CC1. The maximum absolute atomic E-state index is 13.6. The number of hydrogen-bond donors (Lipinski definition) is 1. The van der Waals surface area contributed by atoms with Crippen LogP contribution >= 0.6 is 0 Å². The predicted molar refractivity (Wildman–Crippen MR) is 65.7 cm³/mol. The standard InChI is InChI=1S/C11H15FN4O2/c1-14-4-6-15(7-5-14)13-11-3-2-9(16(17)18)8-10(11)12/h2-3,8,13H,4-7H2,1H3. The van der Waals surface area contributed by atoms with E-state index in [4.69, 9.17) is 0 Å². The lowest BCUT2D eigenvalue weighted by Gasteiger charge is -2.33. The molecule has 18 heavy (non-hydrogen) atoms. The zero-order valence-electron chi connectivity index (χ0n) is 10.1. The van der Waals surface area contributed by atoms with Crippen LogP contribution in [0.3, 0.4) is 0 Å². The van der Waals surface area contributed by atoms with Crippen LogP contribution in [0.15, 0.2) is 18.2 Å². The Morgan fingerprint density at radius 3 is 2.56 bits per heavy atom. The van der Waals surface area contributed by atoms with E-state index in [0.29, 0.717) is 0 Å². The van der Waals surface area contributed by atoms with E-state index in [1.807, 2.05) is 12.1 Å². The van der Waals surface area contributed by atoms with Crippen molar-refractivity contribution in [2.75, 3.05) is 38.7 Å². The molecule has 0 aliphatic carbocycles. The fourth-order valence-electron chi connectivity index (χ4n) is 1.80. The van der Waals surface area contributed by atoms with Crippen LogP contribution in [0.5, 0.6) is 0 Å². The third-order valence-corrected chi connectivity index (χ3v) is 2.95. The van der Waals surface area contributed by atoms with E-state index in [-0.39, 0.29) is 11.4 Å². The van der Waals surface area contributed by atoms with Crippen LogP contribution in [-0.4, -0.2) is 48.1 Å². The van der Waals surface area contributed by atoms with Crippen molar-refractivity contribution in [2.24, 2.45) is 0 Å². The summed E-state index contributed by atoms with van der Waals surface area (Å²) in [6, 6.07) is 3.62. The lowest BCUT2D eigenvalue weighted by Crippen LogP contribution is -2.47. The fraction of sp³-hybridized carbons (Fsp3) is 0.455. The van der Waals surface area contributed by atoms with Gasteiger partial charge in [0.1, 0.15) is 0 Å². The van der Waals surface area contributed by atoms with Gasteiger partial charge in [-0.1, -0.05) is 0 Å². The lowest BCUT2D eigenvalue weighted by molar-refractivity contribution is -0.385. The molecule has 0 unspecified atom stereocenters. The second kappa shape index (κ2) is 5.28. The summed E-state index contributed by atoms with van der Waals surface area (Å²) in [5.41, 5.74) is 2.97. The van der Waals surface area contributed by atoms with Gasteiger partial charge >= 0.3 is 0 Å². The molecule has 1 saturated heterocycles. The van der Waals surface area contributed by atoms with Crippen LogP contribution in [0.2, 0.25) is 0 Å². The average molecular weight is 254 g/mol. The summed E-state index contributed by atoms with van der Waals surface area (Å²) in [5.74, 6) is -0.608. The molecule has 6 nitrogen and oxygen atoms in total. The first-order valence-electron chi connectivity index (χ1n) is 5.70. The van der Waals surface area contributed by atoms with Crippen LogP contribution in [-0.2, 0) is 0 Å². The molecule has 0 bridgehead atoms. The van der Waals surface area contributed by atoms with Gasteiger partial charge in [-0.2, -0.15) is 0 Å². The van der Waals surface area contributed by atoms with Gasteiger partial charge in [-0.15, -0.1) is 0 Å². The van der Waals surface area contributed by atoms with E-state index in [9.17, 15) is 14.5 Å². The quantitative estimate of drug-likeness (QED) is 0.651. The number of benzene rings is 1. The van der Waals surface area contributed by atoms with Crippen molar-refractivity contribution in [1.82, 2.24) is 9.91 Å². The van der Waals surface area contributed by atoms with Crippen LogP contribution in [0.25, 0.3) is 0 Å². The van der Waals surface area contributed by atoms with E-state index in [2.05, 4.69) is 10.3 Å². The summed E-state index contributed by atoms with van der Waals surface area (Å²) in [5, 5.41) is 12.4. The lowest BCUT2D eigenvalue weighted by atomic mass is 10.2. The number of hydrazine groups is 1. The number of hydrogen-bond acceptors (Lipinski definition) is 5. The van der Waals surface area contributed by atoms with Gasteiger partial charge in [-0.3, -0.25) is 10.1 Å². The van der Waals surface area contributed by atoms with Gasteiger partial charge in [0.05, 0.1) is 16.7 Å². The van der Waals surface area contributed by atoms with Crippen molar-refractivity contribution in [2.45, 2.75) is 0 Å². The van der Waals surface area contributed by atoms with E-state index < -0.39 is 10.7 Å². The molecule has 0 atom stereocenters. The van der Waals surface area contributed by atoms with Crippen molar-refractivity contribution in [1.29, 1.82) is 0 Å². The molecule has 7 heteroatoms. The van der Waals surface area contributed by atoms with Gasteiger partial charge < -0.3 is 10.3 Å². The summed E-state index contributed by atoms with van der Waals surface area (Å²) in [4.78, 5) is 12.1. The monoisotopic (exact) mass is 254 g/mol. The van der Waals surface area contributed by atoms with Crippen LogP contribution in [0.4, 0.5) is 15.8 Å². The molecular formula is C11H15FN4O2. The van der Waals surface area contributed by atoms with Gasteiger partial charge in [-0.05, 0) is 13.1 Å². The van der Waals surface area contributed by atoms with E-state index >= 15 is 0 Å². The van der Waals surface area contributed by atoms with Gasteiger partial charge in [-0.25, -0.2) is 9.40 Å². The minimum absolute atomic E-state index is 0.239. The molecule has 98 valence electrons. The van der Waals surface area contributed by atoms with E-state index in [1.54, 1.807) is 0 Å². The number of nitro groups is 1. The Balaban J connectivity index is 2.03. The number of nitro benzene ring substituents is 1. The molecule has 1 N–H and O–H groups in total. The number of non-ortho nitro benzene ring substituents is 1. The minimum Gasteiger partial charge on any atom is -0.316 e. The van der Waals surface area contributed by atoms with Crippen molar-refractivity contribution in [3.8, 4) is 0 Å². The topological polar surface area (TPSA) is 61.6 Å². The Labute approximate surface area is 104 Å². The molecule has 1 aromatic rings. The maximum Gasteiger partial charge on any atom is 0.272 e.